The van der Waals surface area contributed by atoms with Crippen molar-refractivity contribution in [2.24, 2.45) is 0 Å². The van der Waals surface area contributed by atoms with E-state index in [1.165, 1.54) is 4.90 Å². The molecule has 0 aliphatic carbocycles. The SMILES string of the molecule is CN(C)C(=O)CNc1cccc(N)n1. The lowest BCUT2D eigenvalue weighted by molar-refractivity contribution is -0.126. The summed E-state index contributed by atoms with van der Waals surface area (Å²) in [6.07, 6.45) is 0. The summed E-state index contributed by atoms with van der Waals surface area (Å²) < 4.78 is 0. The van der Waals surface area contributed by atoms with E-state index in [0.717, 1.165) is 0 Å². The number of hydrogen-bond acceptors (Lipinski definition) is 4. The Balaban J connectivity index is 2.50. The second-order valence-corrected chi connectivity index (χ2v) is 3.09. The highest BCUT2D eigenvalue weighted by molar-refractivity contribution is 5.80. The zero-order chi connectivity index (χ0) is 10.6. The van der Waals surface area contributed by atoms with Crippen molar-refractivity contribution in [1.82, 2.24) is 9.88 Å². The van der Waals surface area contributed by atoms with Crippen LogP contribution in [0.25, 0.3) is 0 Å². The summed E-state index contributed by atoms with van der Waals surface area (Å²) in [7, 11) is 3.41. The van der Waals surface area contributed by atoms with Crippen LogP contribution in [0.5, 0.6) is 0 Å². The van der Waals surface area contributed by atoms with Gasteiger partial charge in [-0.25, -0.2) is 4.98 Å². The number of aromatic nitrogens is 1. The fourth-order valence-corrected chi connectivity index (χ4v) is 0.874. The van der Waals surface area contributed by atoms with Gasteiger partial charge in [-0.2, -0.15) is 0 Å². The summed E-state index contributed by atoms with van der Waals surface area (Å²) >= 11 is 0. The van der Waals surface area contributed by atoms with Crippen molar-refractivity contribution in [2.45, 2.75) is 0 Å². The Hall–Kier alpha value is -1.78. The van der Waals surface area contributed by atoms with E-state index >= 15 is 0 Å². The molecule has 0 saturated heterocycles. The Labute approximate surface area is 82.9 Å². The normalized spacial score (nSPS) is 9.57. The third-order valence-corrected chi connectivity index (χ3v) is 1.69. The number of likely N-dealkylation sites (N-methyl/N-ethyl adjacent to an activating group) is 1. The van der Waals surface area contributed by atoms with Gasteiger partial charge in [-0.1, -0.05) is 6.07 Å². The van der Waals surface area contributed by atoms with Crippen LogP contribution >= 0.6 is 0 Å². The Morgan fingerprint density at radius 2 is 2.29 bits per heavy atom. The molecule has 1 amide bonds. The first kappa shape index (κ1) is 10.3. The van der Waals surface area contributed by atoms with Crippen LogP contribution in [0.3, 0.4) is 0 Å². The van der Waals surface area contributed by atoms with E-state index < -0.39 is 0 Å². The molecule has 0 fully saturated rings. The van der Waals surface area contributed by atoms with E-state index in [9.17, 15) is 4.79 Å². The summed E-state index contributed by atoms with van der Waals surface area (Å²) in [4.78, 5) is 16.7. The number of hydrogen-bond donors (Lipinski definition) is 2. The largest absolute Gasteiger partial charge is 0.384 e. The van der Waals surface area contributed by atoms with Gasteiger partial charge in [-0.3, -0.25) is 4.79 Å². The van der Waals surface area contributed by atoms with Crippen LogP contribution in [0.4, 0.5) is 11.6 Å². The molecule has 0 saturated carbocycles. The molecule has 1 rings (SSSR count). The number of nitrogens with zero attached hydrogens (tertiary/aromatic N) is 2. The Bertz CT molecular complexity index is 324. The average Bonchev–Trinajstić information content (AvgIpc) is 2.14. The lowest BCUT2D eigenvalue weighted by Gasteiger charge is -2.11. The molecule has 0 atom stereocenters. The summed E-state index contributed by atoms with van der Waals surface area (Å²) in [5.41, 5.74) is 5.48. The van der Waals surface area contributed by atoms with Crippen LogP contribution in [0.15, 0.2) is 18.2 Å². The van der Waals surface area contributed by atoms with Crippen LogP contribution in [0, 0.1) is 0 Å². The fourth-order valence-electron chi connectivity index (χ4n) is 0.874. The Morgan fingerprint density at radius 1 is 1.57 bits per heavy atom. The molecule has 1 heterocycles. The number of rotatable bonds is 3. The molecule has 0 radical (unpaired) electrons. The third-order valence-electron chi connectivity index (χ3n) is 1.69. The maximum Gasteiger partial charge on any atom is 0.241 e. The highest BCUT2D eigenvalue weighted by atomic mass is 16.2. The van der Waals surface area contributed by atoms with Gasteiger partial charge in [0.05, 0.1) is 6.54 Å². The smallest absolute Gasteiger partial charge is 0.241 e. The zero-order valence-corrected chi connectivity index (χ0v) is 8.32. The van der Waals surface area contributed by atoms with Crippen LogP contribution in [0.1, 0.15) is 0 Å². The molecular formula is C9H14N4O. The summed E-state index contributed by atoms with van der Waals surface area (Å²) in [6, 6.07) is 5.24. The number of pyridine rings is 1. The lowest BCUT2D eigenvalue weighted by Crippen LogP contribution is -2.28. The van der Waals surface area contributed by atoms with Gasteiger partial charge < -0.3 is 16.0 Å². The lowest BCUT2D eigenvalue weighted by atomic mass is 10.4. The van der Waals surface area contributed by atoms with Gasteiger partial charge in [0.15, 0.2) is 0 Å². The van der Waals surface area contributed by atoms with Gasteiger partial charge in [0.25, 0.3) is 0 Å². The highest BCUT2D eigenvalue weighted by Crippen LogP contribution is 2.04. The van der Waals surface area contributed by atoms with Gasteiger partial charge in [0.1, 0.15) is 11.6 Å². The number of anilines is 2. The Morgan fingerprint density at radius 3 is 2.86 bits per heavy atom. The van der Waals surface area contributed by atoms with Crippen molar-refractivity contribution in [3.63, 3.8) is 0 Å². The van der Waals surface area contributed by atoms with Crippen molar-refractivity contribution in [1.29, 1.82) is 0 Å². The fraction of sp³-hybridized carbons (Fsp3) is 0.333. The molecule has 5 nitrogen and oxygen atoms in total. The second-order valence-electron chi connectivity index (χ2n) is 3.09. The molecule has 0 bridgehead atoms. The minimum absolute atomic E-state index is 0.00535. The molecular weight excluding hydrogens is 180 g/mol. The molecule has 0 unspecified atom stereocenters. The highest BCUT2D eigenvalue weighted by Gasteiger charge is 2.03. The van der Waals surface area contributed by atoms with E-state index in [1.807, 2.05) is 0 Å². The quantitative estimate of drug-likeness (QED) is 0.719. The molecule has 5 heteroatoms. The van der Waals surface area contributed by atoms with E-state index in [2.05, 4.69) is 10.3 Å². The number of amides is 1. The number of carbonyl (C=O) groups excluding carboxylic acids is 1. The summed E-state index contributed by atoms with van der Waals surface area (Å²) in [5.74, 6) is 1.04. The minimum atomic E-state index is -0.00535. The van der Waals surface area contributed by atoms with Gasteiger partial charge in [-0.15, -0.1) is 0 Å². The van der Waals surface area contributed by atoms with Gasteiger partial charge >= 0.3 is 0 Å². The number of nitrogens with two attached hydrogens (primary N) is 1. The molecule has 76 valence electrons. The molecule has 14 heavy (non-hydrogen) atoms. The van der Waals surface area contributed by atoms with E-state index in [0.29, 0.717) is 11.6 Å². The molecule has 3 N–H and O–H groups in total. The van der Waals surface area contributed by atoms with Crippen molar-refractivity contribution in [3.8, 4) is 0 Å². The number of nitrogens with one attached hydrogen (secondary N) is 1. The molecule has 0 aliphatic heterocycles. The number of carbonyl (C=O) groups is 1. The molecule has 0 aliphatic rings. The van der Waals surface area contributed by atoms with E-state index in [-0.39, 0.29) is 12.5 Å². The molecule has 0 aromatic carbocycles. The van der Waals surface area contributed by atoms with Crippen molar-refractivity contribution < 1.29 is 4.79 Å². The molecule has 1 aromatic heterocycles. The monoisotopic (exact) mass is 194 g/mol. The van der Waals surface area contributed by atoms with E-state index in [1.54, 1.807) is 32.3 Å². The van der Waals surface area contributed by atoms with Crippen LogP contribution in [-0.2, 0) is 4.79 Å². The predicted molar refractivity (Wildman–Crippen MR) is 55.8 cm³/mol. The van der Waals surface area contributed by atoms with Gasteiger partial charge in [0.2, 0.25) is 5.91 Å². The maximum absolute atomic E-state index is 11.2. The van der Waals surface area contributed by atoms with Gasteiger partial charge in [-0.05, 0) is 12.1 Å². The first-order valence-corrected chi connectivity index (χ1v) is 4.26. The van der Waals surface area contributed by atoms with Gasteiger partial charge in [0, 0.05) is 14.1 Å². The first-order chi connectivity index (χ1) is 6.59. The maximum atomic E-state index is 11.2. The molecule has 0 spiro atoms. The second kappa shape index (κ2) is 4.45. The van der Waals surface area contributed by atoms with Crippen LogP contribution < -0.4 is 11.1 Å². The Kier molecular flexibility index (Phi) is 3.28. The summed E-state index contributed by atoms with van der Waals surface area (Å²) in [5, 5.41) is 2.88. The van der Waals surface area contributed by atoms with Crippen molar-refractivity contribution >= 4 is 17.5 Å². The van der Waals surface area contributed by atoms with Crippen molar-refractivity contribution in [2.75, 3.05) is 31.7 Å². The van der Waals surface area contributed by atoms with Crippen LogP contribution in [0.2, 0.25) is 0 Å². The number of nitrogen functional groups attached to an aromatic ring is 1. The predicted octanol–water partition coefficient (Wildman–Crippen LogP) is 0.164. The van der Waals surface area contributed by atoms with Crippen LogP contribution in [-0.4, -0.2) is 36.4 Å². The molecule has 1 aromatic rings. The standard InChI is InChI=1S/C9H14N4O/c1-13(2)9(14)6-11-8-5-3-4-7(10)12-8/h3-5H,6H2,1-2H3,(H3,10,11,12). The van der Waals surface area contributed by atoms with E-state index in [4.69, 9.17) is 5.73 Å². The van der Waals surface area contributed by atoms with Crippen molar-refractivity contribution in [3.05, 3.63) is 18.2 Å². The average molecular weight is 194 g/mol. The minimum Gasteiger partial charge on any atom is -0.384 e. The first-order valence-electron chi connectivity index (χ1n) is 4.26. The zero-order valence-electron chi connectivity index (χ0n) is 8.32. The third kappa shape index (κ3) is 2.93. The summed E-state index contributed by atoms with van der Waals surface area (Å²) in [6.45, 7) is 0.226. The topological polar surface area (TPSA) is 71.2 Å².